The first-order chi connectivity index (χ1) is 14.9. The van der Waals surface area contributed by atoms with Gasteiger partial charge in [0.25, 0.3) is 0 Å². The SMILES string of the molecule is CCCc1sc(-c2ccc(OC)c(OCCF)c2)nc1C(C)Sc1nc(N)cc(N)n1. The third kappa shape index (κ3) is 5.76. The monoisotopic (exact) mass is 463 g/mol. The zero-order chi connectivity index (χ0) is 22.4. The van der Waals surface area contributed by atoms with Gasteiger partial charge in [-0.25, -0.2) is 19.3 Å². The van der Waals surface area contributed by atoms with Crippen LogP contribution in [0.4, 0.5) is 16.0 Å². The van der Waals surface area contributed by atoms with Gasteiger partial charge in [0.1, 0.15) is 29.9 Å². The minimum atomic E-state index is -0.569. The Balaban J connectivity index is 1.92. The van der Waals surface area contributed by atoms with Gasteiger partial charge in [0.15, 0.2) is 16.7 Å². The molecular formula is C21H26FN5O2S2. The highest BCUT2D eigenvalue weighted by atomic mass is 32.2. The van der Waals surface area contributed by atoms with Gasteiger partial charge in [-0.2, -0.15) is 0 Å². The molecule has 4 N–H and O–H groups in total. The van der Waals surface area contributed by atoms with Gasteiger partial charge in [0.05, 0.1) is 18.1 Å². The van der Waals surface area contributed by atoms with E-state index in [4.69, 9.17) is 25.9 Å². The lowest BCUT2D eigenvalue weighted by molar-refractivity contribution is 0.260. The minimum absolute atomic E-state index is 0.00764. The van der Waals surface area contributed by atoms with Crippen LogP contribution in [0, 0.1) is 0 Å². The Morgan fingerprint density at radius 3 is 2.52 bits per heavy atom. The van der Waals surface area contributed by atoms with E-state index in [-0.39, 0.29) is 11.9 Å². The van der Waals surface area contributed by atoms with Crippen molar-refractivity contribution in [3.63, 3.8) is 0 Å². The summed E-state index contributed by atoms with van der Waals surface area (Å²) in [6, 6.07) is 7.11. The highest BCUT2D eigenvalue weighted by Gasteiger charge is 2.21. The van der Waals surface area contributed by atoms with Crippen molar-refractivity contribution in [3.8, 4) is 22.1 Å². The third-order valence-corrected chi connectivity index (χ3v) is 6.51. The normalized spacial score (nSPS) is 12.0. The van der Waals surface area contributed by atoms with E-state index in [0.29, 0.717) is 28.3 Å². The quantitative estimate of drug-likeness (QED) is 0.322. The number of nitrogen functional groups attached to an aromatic ring is 2. The van der Waals surface area contributed by atoms with E-state index >= 15 is 0 Å². The summed E-state index contributed by atoms with van der Waals surface area (Å²) in [4.78, 5) is 14.7. The molecule has 166 valence electrons. The van der Waals surface area contributed by atoms with Crippen LogP contribution in [0.25, 0.3) is 10.6 Å². The molecule has 31 heavy (non-hydrogen) atoms. The van der Waals surface area contributed by atoms with E-state index in [1.165, 1.54) is 22.7 Å². The number of aromatic nitrogens is 3. The van der Waals surface area contributed by atoms with Crippen LogP contribution in [0.15, 0.2) is 29.4 Å². The van der Waals surface area contributed by atoms with Crippen molar-refractivity contribution in [1.29, 1.82) is 0 Å². The zero-order valence-electron chi connectivity index (χ0n) is 17.7. The Morgan fingerprint density at radius 2 is 1.87 bits per heavy atom. The molecular weight excluding hydrogens is 437 g/mol. The van der Waals surface area contributed by atoms with Crippen LogP contribution in [-0.4, -0.2) is 35.3 Å². The van der Waals surface area contributed by atoms with Crippen molar-refractivity contribution in [2.24, 2.45) is 0 Å². The molecule has 0 bridgehead atoms. The number of rotatable bonds is 10. The van der Waals surface area contributed by atoms with Crippen LogP contribution in [0.3, 0.4) is 0 Å². The molecule has 0 aliphatic heterocycles. The first kappa shape index (κ1) is 23.1. The predicted octanol–water partition coefficient (Wildman–Crippen LogP) is 4.93. The van der Waals surface area contributed by atoms with E-state index < -0.39 is 6.67 Å². The van der Waals surface area contributed by atoms with Crippen LogP contribution >= 0.6 is 23.1 Å². The van der Waals surface area contributed by atoms with Crippen LogP contribution < -0.4 is 20.9 Å². The summed E-state index contributed by atoms with van der Waals surface area (Å²) < 4.78 is 23.4. The first-order valence-corrected chi connectivity index (χ1v) is 11.6. The first-order valence-electron chi connectivity index (χ1n) is 9.88. The molecule has 0 amide bonds. The van der Waals surface area contributed by atoms with Gasteiger partial charge in [-0.05, 0) is 31.5 Å². The van der Waals surface area contributed by atoms with Gasteiger partial charge < -0.3 is 20.9 Å². The maximum atomic E-state index is 12.6. The van der Waals surface area contributed by atoms with E-state index in [0.717, 1.165) is 29.1 Å². The van der Waals surface area contributed by atoms with Gasteiger partial charge in [-0.1, -0.05) is 25.1 Å². The fourth-order valence-corrected chi connectivity index (χ4v) is 5.28. The molecule has 0 radical (unpaired) electrons. The average Bonchev–Trinajstić information content (AvgIpc) is 3.15. The maximum Gasteiger partial charge on any atom is 0.192 e. The third-order valence-electron chi connectivity index (χ3n) is 4.36. The molecule has 1 atom stereocenters. The molecule has 0 fully saturated rings. The van der Waals surface area contributed by atoms with Crippen LogP contribution in [0.2, 0.25) is 0 Å². The lowest BCUT2D eigenvalue weighted by Gasteiger charge is -2.11. The largest absolute Gasteiger partial charge is 0.493 e. The number of hydrogen-bond donors (Lipinski definition) is 2. The summed E-state index contributed by atoms with van der Waals surface area (Å²) in [5.74, 6) is 1.74. The number of nitrogens with zero attached hydrogens (tertiary/aromatic N) is 3. The summed E-state index contributed by atoms with van der Waals surface area (Å²) in [5, 5.41) is 1.40. The fourth-order valence-electron chi connectivity index (χ4n) is 3.01. The highest BCUT2D eigenvalue weighted by molar-refractivity contribution is 7.99. The molecule has 2 heterocycles. The number of ether oxygens (including phenoxy) is 2. The molecule has 1 unspecified atom stereocenters. The molecule has 0 spiro atoms. The van der Waals surface area contributed by atoms with Crippen LogP contribution in [0.5, 0.6) is 11.5 Å². The Bertz CT molecular complexity index is 1010. The number of benzene rings is 1. The molecule has 0 aliphatic carbocycles. The molecule has 0 saturated heterocycles. The van der Waals surface area contributed by atoms with Gasteiger partial charge in [-0.3, -0.25) is 0 Å². The number of methoxy groups -OCH3 is 1. The van der Waals surface area contributed by atoms with Gasteiger partial charge >= 0.3 is 0 Å². The van der Waals surface area contributed by atoms with Crippen molar-refractivity contribution in [3.05, 3.63) is 34.8 Å². The number of alkyl halides is 1. The number of nitrogens with two attached hydrogens (primary N) is 2. The topological polar surface area (TPSA) is 109 Å². The standard InChI is InChI=1S/C21H26FN5O2S2/c1-4-5-16-19(12(2)30-21-25-17(23)11-18(24)26-21)27-20(31-16)13-6-7-14(28-3)15(10-13)29-9-8-22/h6-7,10-12H,4-5,8-9H2,1-3H3,(H4,23,24,25,26). The zero-order valence-corrected chi connectivity index (χ0v) is 19.4. The number of halogens is 1. The van der Waals surface area contributed by atoms with Crippen LogP contribution in [-0.2, 0) is 6.42 Å². The summed E-state index contributed by atoms with van der Waals surface area (Å²) in [6.45, 7) is 3.61. The Labute approximate surface area is 189 Å². The molecule has 7 nitrogen and oxygen atoms in total. The van der Waals surface area contributed by atoms with Crippen LogP contribution in [0.1, 0.15) is 36.1 Å². The van der Waals surface area contributed by atoms with E-state index in [2.05, 4.69) is 23.8 Å². The molecule has 0 aliphatic rings. The van der Waals surface area contributed by atoms with Crippen molar-refractivity contribution < 1.29 is 13.9 Å². The second kappa shape index (κ2) is 10.6. The molecule has 2 aromatic heterocycles. The number of thiazole rings is 1. The van der Waals surface area contributed by atoms with Gasteiger partial charge in [-0.15, -0.1) is 11.3 Å². The molecule has 3 rings (SSSR count). The predicted molar refractivity (Wildman–Crippen MR) is 125 cm³/mol. The van der Waals surface area contributed by atoms with Gasteiger partial charge in [0.2, 0.25) is 0 Å². The van der Waals surface area contributed by atoms with E-state index in [1.54, 1.807) is 18.4 Å². The number of anilines is 2. The van der Waals surface area contributed by atoms with Gasteiger partial charge in [0, 0.05) is 16.5 Å². The highest BCUT2D eigenvalue weighted by Crippen LogP contribution is 2.41. The molecule has 1 aromatic carbocycles. The lowest BCUT2D eigenvalue weighted by Crippen LogP contribution is -2.01. The molecule has 3 aromatic rings. The van der Waals surface area contributed by atoms with Crippen molar-refractivity contribution in [2.45, 2.75) is 37.1 Å². The minimum Gasteiger partial charge on any atom is -0.493 e. The summed E-state index contributed by atoms with van der Waals surface area (Å²) in [5.41, 5.74) is 13.5. The summed E-state index contributed by atoms with van der Waals surface area (Å²) in [7, 11) is 1.56. The van der Waals surface area contributed by atoms with Crippen molar-refractivity contribution in [1.82, 2.24) is 15.0 Å². The summed E-state index contributed by atoms with van der Waals surface area (Å²) >= 11 is 3.11. The fraction of sp³-hybridized carbons (Fsp3) is 0.381. The summed E-state index contributed by atoms with van der Waals surface area (Å²) in [6.07, 6.45) is 1.92. The second-order valence-corrected chi connectivity index (χ2v) is 9.13. The molecule has 0 saturated carbocycles. The van der Waals surface area contributed by atoms with Crippen molar-refractivity contribution >= 4 is 34.7 Å². The second-order valence-electron chi connectivity index (χ2n) is 6.74. The Morgan fingerprint density at radius 1 is 1.13 bits per heavy atom. The maximum absolute atomic E-state index is 12.6. The lowest BCUT2D eigenvalue weighted by atomic mass is 10.2. The smallest absolute Gasteiger partial charge is 0.192 e. The Kier molecular flexibility index (Phi) is 7.91. The van der Waals surface area contributed by atoms with E-state index in [9.17, 15) is 4.39 Å². The molecule has 10 heteroatoms. The number of hydrogen-bond acceptors (Lipinski definition) is 9. The van der Waals surface area contributed by atoms with E-state index in [1.807, 2.05) is 18.2 Å². The number of aryl methyl sites for hydroxylation is 1. The average molecular weight is 464 g/mol. The van der Waals surface area contributed by atoms with Crippen molar-refractivity contribution in [2.75, 3.05) is 31.9 Å². The number of thioether (sulfide) groups is 1. The Hall–Kier alpha value is -2.59.